The highest BCUT2D eigenvalue weighted by Crippen LogP contribution is 2.20. The van der Waals surface area contributed by atoms with Gasteiger partial charge in [-0.25, -0.2) is 22.0 Å². The molecule has 0 aromatic heterocycles. The molecule has 1 N–H and O–H groups in total. The van der Waals surface area contributed by atoms with Gasteiger partial charge in [-0.15, -0.1) is 0 Å². The quantitative estimate of drug-likeness (QED) is 0.761. The summed E-state index contributed by atoms with van der Waals surface area (Å²) in [5, 5.41) is 0. The van der Waals surface area contributed by atoms with E-state index in [1.165, 1.54) is 0 Å². The van der Waals surface area contributed by atoms with Crippen LogP contribution in [0.1, 0.15) is 20.8 Å². The van der Waals surface area contributed by atoms with Crippen molar-refractivity contribution in [2.45, 2.75) is 31.3 Å². The molecule has 1 aromatic carbocycles. The van der Waals surface area contributed by atoms with E-state index in [1.54, 1.807) is 20.8 Å². The molecule has 2 rings (SSSR count). The lowest BCUT2D eigenvalue weighted by Crippen LogP contribution is -3.15. The summed E-state index contributed by atoms with van der Waals surface area (Å²) in [6.07, 6.45) is 0. The highest BCUT2D eigenvalue weighted by atomic mass is 32.2. The van der Waals surface area contributed by atoms with Gasteiger partial charge >= 0.3 is 5.97 Å². The van der Waals surface area contributed by atoms with Crippen molar-refractivity contribution in [1.29, 1.82) is 0 Å². The lowest BCUT2D eigenvalue weighted by atomic mass is 10.2. The highest BCUT2D eigenvalue weighted by Gasteiger charge is 2.33. The van der Waals surface area contributed by atoms with E-state index >= 15 is 0 Å². The number of sulfonamides is 1. The average Bonchev–Trinajstić information content (AvgIpc) is 2.48. The van der Waals surface area contributed by atoms with Crippen molar-refractivity contribution in [3.05, 3.63) is 29.8 Å². The van der Waals surface area contributed by atoms with Gasteiger partial charge in [-0.3, -0.25) is 0 Å². The van der Waals surface area contributed by atoms with Gasteiger partial charge in [-0.05, 0) is 39.0 Å². The molecular weight excluding hydrogens is 354 g/mol. The predicted molar refractivity (Wildman–Crippen MR) is 86.5 cm³/mol. The zero-order valence-electron chi connectivity index (χ0n) is 14.5. The largest absolute Gasteiger partial charge is 0.456 e. The van der Waals surface area contributed by atoms with Crippen LogP contribution in [-0.4, -0.2) is 57.0 Å². The standard InChI is InChI=1S/C16H22F2N2O4S/c1-16(2,3)24-15(21)11-19-6-8-20(9-7-19)25(22,23)14-10-12(17)4-5-13(14)18/h4-5,10H,6-9,11H2,1-3H3/p+1. The monoisotopic (exact) mass is 377 g/mol. The molecule has 0 atom stereocenters. The first-order valence-electron chi connectivity index (χ1n) is 8.00. The van der Waals surface area contributed by atoms with Crippen molar-refractivity contribution in [1.82, 2.24) is 4.31 Å². The number of benzene rings is 1. The number of carbonyl (C=O) groups is 1. The van der Waals surface area contributed by atoms with Crippen LogP contribution in [0.4, 0.5) is 8.78 Å². The van der Waals surface area contributed by atoms with Gasteiger partial charge < -0.3 is 9.64 Å². The van der Waals surface area contributed by atoms with Crippen molar-refractivity contribution < 1.29 is 31.6 Å². The van der Waals surface area contributed by atoms with E-state index in [0.717, 1.165) is 21.3 Å². The van der Waals surface area contributed by atoms with Crippen LogP contribution < -0.4 is 4.90 Å². The fraction of sp³-hybridized carbons (Fsp3) is 0.562. The molecule has 140 valence electrons. The molecule has 1 fully saturated rings. The van der Waals surface area contributed by atoms with Gasteiger partial charge in [-0.1, -0.05) is 0 Å². The van der Waals surface area contributed by atoms with Crippen molar-refractivity contribution in [3.63, 3.8) is 0 Å². The summed E-state index contributed by atoms with van der Waals surface area (Å²) in [6.45, 7) is 6.48. The summed E-state index contributed by atoms with van der Waals surface area (Å²) in [4.78, 5) is 12.1. The second-order valence-electron chi connectivity index (χ2n) is 6.99. The zero-order valence-corrected chi connectivity index (χ0v) is 15.3. The predicted octanol–water partition coefficient (Wildman–Crippen LogP) is 0.196. The Morgan fingerprint density at radius 2 is 1.84 bits per heavy atom. The van der Waals surface area contributed by atoms with Gasteiger partial charge in [0, 0.05) is 0 Å². The molecular formula is C16H23F2N2O4S+. The van der Waals surface area contributed by atoms with E-state index in [9.17, 15) is 22.0 Å². The van der Waals surface area contributed by atoms with Crippen LogP contribution in [0.2, 0.25) is 0 Å². The van der Waals surface area contributed by atoms with Gasteiger partial charge in [-0.2, -0.15) is 4.31 Å². The van der Waals surface area contributed by atoms with Crippen LogP contribution in [0, 0.1) is 11.6 Å². The van der Waals surface area contributed by atoms with Crippen molar-refractivity contribution in [3.8, 4) is 0 Å². The number of quaternary nitrogens is 1. The molecule has 1 heterocycles. The molecule has 0 bridgehead atoms. The van der Waals surface area contributed by atoms with E-state index in [4.69, 9.17) is 4.74 Å². The summed E-state index contributed by atoms with van der Waals surface area (Å²) in [5.41, 5.74) is -0.573. The van der Waals surface area contributed by atoms with Crippen molar-refractivity contribution >= 4 is 16.0 Å². The van der Waals surface area contributed by atoms with Gasteiger partial charge in [0.1, 0.15) is 22.1 Å². The molecule has 1 aliphatic rings. The summed E-state index contributed by atoms with van der Waals surface area (Å²) < 4.78 is 58.4. The highest BCUT2D eigenvalue weighted by molar-refractivity contribution is 7.89. The number of rotatable bonds is 4. The molecule has 0 amide bonds. The lowest BCUT2D eigenvalue weighted by Gasteiger charge is -2.31. The molecule has 25 heavy (non-hydrogen) atoms. The van der Waals surface area contributed by atoms with E-state index < -0.39 is 32.2 Å². The third-order valence-corrected chi connectivity index (χ3v) is 5.67. The van der Waals surface area contributed by atoms with Gasteiger partial charge in [0.05, 0.1) is 26.2 Å². The van der Waals surface area contributed by atoms with Crippen LogP contribution in [0.25, 0.3) is 0 Å². The fourth-order valence-electron chi connectivity index (χ4n) is 2.62. The molecule has 0 unspecified atom stereocenters. The van der Waals surface area contributed by atoms with Crippen LogP contribution in [0.5, 0.6) is 0 Å². The second-order valence-corrected chi connectivity index (χ2v) is 8.90. The van der Waals surface area contributed by atoms with Crippen LogP contribution in [0.15, 0.2) is 23.1 Å². The van der Waals surface area contributed by atoms with E-state index in [-0.39, 0.29) is 25.6 Å². The zero-order chi connectivity index (χ0) is 18.8. The number of hydrogen-bond donors (Lipinski definition) is 1. The molecule has 0 aliphatic carbocycles. The van der Waals surface area contributed by atoms with E-state index in [2.05, 4.69) is 0 Å². The number of ether oxygens (including phenoxy) is 1. The average molecular weight is 377 g/mol. The van der Waals surface area contributed by atoms with Gasteiger partial charge in [0.25, 0.3) is 0 Å². The minimum Gasteiger partial charge on any atom is -0.456 e. The number of nitrogens with one attached hydrogen (secondary N) is 1. The third kappa shape index (κ3) is 5.20. The maximum absolute atomic E-state index is 13.8. The van der Waals surface area contributed by atoms with E-state index in [0.29, 0.717) is 19.2 Å². The smallest absolute Gasteiger partial charge is 0.362 e. The fourth-order valence-corrected chi connectivity index (χ4v) is 4.13. The van der Waals surface area contributed by atoms with Crippen molar-refractivity contribution in [2.75, 3.05) is 32.7 Å². The van der Waals surface area contributed by atoms with Crippen LogP contribution >= 0.6 is 0 Å². The Labute approximate surface area is 146 Å². The molecule has 6 nitrogen and oxygen atoms in total. The summed E-state index contributed by atoms with van der Waals surface area (Å²) in [6, 6.07) is 2.36. The Kier molecular flexibility index (Phi) is 5.80. The first kappa shape index (κ1) is 19.7. The molecule has 1 aliphatic heterocycles. The first-order chi connectivity index (χ1) is 11.5. The minimum absolute atomic E-state index is 0.121. The Bertz CT molecular complexity index is 739. The molecule has 1 saturated heterocycles. The van der Waals surface area contributed by atoms with Gasteiger partial charge in [0.2, 0.25) is 10.0 Å². The Hall–Kier alpha value is -1.58. The van der Waals surface area contributed by atoms with Crippen molar-refractivity contribution in [2.24, 2.45) is 0 Å². The van der Waals surface area contributed by atoms with Crippen LogP contribution in [0.3, 0.4) is 0 Å². The Morgan fingerprint density at radius 1 is 1.24 bits per heavy atom. The minimum atomic E-state index is -4.11. The molecule has 0 saturated carbocycles. The third-order valence-electron chi connectivity index (χ3n) is 3.75. The molecule has 9 heteroatoms. The number of carbonyl (C=O) groups excluding carboxylic acids is 1. The van der Waals surface area contributed by atoms with Gasteiger partial charge in [0.15, 0.2) is 6.54 Å². The SMILES string of the molecule is CC(C)(C)OC(=O)C[NH+]1CCN(S(=O)(=O)c2cc(F)ccc2F)CC1. The summed E-state index contributed by atoms with van der Waals surface area (Å²) >= 11 is 0. The molecule has 1 aromatic rings. The number of hydrogen-bond acceptors (Lipinski definition) is 4. The van der Waals surface area contributed by atoms with E-state index in [1.807, 2.05) is 0 Å². The summed E-state index contributed by atoms with van der Waals surface area (Å²) in [5.74, 6) is -2.14. The normalized spacial score (nSPS) is 17.5. The molecule has 0 radical (unpaired) electrons. The number of piperazine rings is 1. The maximum atomic E-state index is 13.8. The molecule has 0 spiro atoms. The maximum Gasteiger partial charge on any atom is 0.362 e. The number of nitrogens with zero attached hydrogens (tertiary/aromatic N) is 1. The van der Waals surface area contributed by atoms with Crippen LogP contribution in [-0.2, 0) is 19.6 Å². The first-order valence-corrected chi connectivity index (χ1v) is 9.44. The number of esters is 1. The summed E-state index contributed by atoms with van der Waals surface area (Å²) in [7, 11) is -4.11. The lowest BCUT2D eigenvalue weighted by molar-refractivity contribution is -0.896. The second kappa shape index (κ2) is 7.35. The Morgan fingerprint density at radius 3 is 2.40 bits per heavy atom. The Balaban J connectivity index is 1.99. The number of halogens is 2. The topological polar surface area (TPSA) is 68.1 Å².